The van der Waals surface area contributed by atoms with Gasteiger partial charge >= 0.3 is 6.03 Å². The Hall–Kier alpha value is -2.54. The van der Waals surface area contributed by atoms with Crippen molar-refractivity contribution in [1.29, 1.82) is 0 Å². The summed E-state index contributed by atoms with van der Waals surface area (Å²) in [5, 5.41) is 4.52. The van der Waals surface area contributed by atoms with Gasteiger partial charge in [-0.2, -0.15) is 0 Å². The zero-order valence-corrected chi connectivity index (χ0v) is 13.2. The van der Waals surface area contributed by atoms with Crippen LogP contribution in [0.5, 0.6) is 0 Å². The van der Waals surface area contributed by atoms with Gasteiger partial charge in [-0.05, 0) is 25.1 Å². The molecule has 0 fully saturated rings. The van der Waals surface area contributed by atoms with E-state index in [-0.39, 0.29) is 12.1 Å². The van der Waals surface area contributed by atoms with Crippen LogP contribution in [-0.4, -0.2) is 19.7 Å². The molecule has 0 aliphatic carbocycles. The van der Waals surface area contributed by atoms with E-state index in [0.717, 1.165) is 12.1 Å². The molecule has 2 aromatic carbocycles. The number of carbonyl (C=O) groups excluding carboxylic acids is 1. The fourth-order valence-corrected chi connectivity index (χ4v) is 2.19. The third-order valence-electron chi connectivity index (χ3n) is 3.68. The molecular weight excluding hydrogens is 321 g/mol. The second-order valence-electron chi connectivity index (χ2n) is 5.32. The molecule has 0 aliphatic heterocycles. The van der Waals surface area contributed by atoms with Gasteiger partial charge in [0.05, 0.1) is 6.54 Å². The minimum atomic E-state index is -1.14. The van der Waals surface area contributed by atoms with Crippen LogP contribution in [-0.2, 0) is 10.3 Å². The molecule has 0 aliphatic rings. The van der Waals surface area contributed by atoms with Crippen molar-refractivity contribution in [3.63, 3.8) is 0 Å². The second-order valence-corrected chi connectivity index (χ2v) is 5.32. The largest absolute Gasteiger partial charge is 0.372 e. The van der Waals surface area contributed by atoms with Crippen LogP contribution in [0.3, 0.4) is 0 Å². The number of hydrogen-bond donors (Lipinski definition) is 2. The average molecular weight is 338 g/mol. The maximum absolute atomic E-state index is 13.9. The number of nitrogens with one attached hydrogen (secondary N) is 2. The number of urea groups is 1. The lowest BCUT2D eigenvalue weighted by Crippen LogP contribution is -2.42. The first-order valence-corrected chi connectivity index (χ1v) is 7.16. The molecule has 0 saturated carbocycles. The van der Waals surface area contributed by atoms with Crippen molar-refractivity contribution >= 4 is 11.7 Å². The summed E-state index contributed by atoms with van der Waals surface area (Å²) >= 11 is 0. The van der Waals surface area contributed by atoms with Crippen LogP contribution >= 0.6 is 0 Å². The van der Waals surface area contributed by atoms with Crippen molar-refractivity contribution in [3.05, 3.63) is 65.5 Å². The molecule has 0 heterocycles. The van der Waals surface area contributed by atoms with E-state index in [9.17, 15) is 18.0 Å². The van der Waals surface area contributed by atoms with E-state index in [4.69, 9.17) is 4.74 Å². The molecule has 2 N–H and O–H groups in total. The van der Waals surface area contributed by atoms with E-state index in [1.165, 1.54) is 31.4 Å². The van der Waals surface area contributed by atoms with E-state index in [2.05, 4.69) is 10.6 Å². The summed E-state index contributed by atoms with van der Waals surface area (Å²) in [6.45, 7) is 1.49. The molecule has 2 rings (SSSR count). The Bertz CT molecular complexity index is 719. The zero-order valence-electron chi connectivity index (χ0n) is 13.2. The normalized spacial score (nSPS) is 13.2. The lowest BCUT2D eigenvalue weighted by molar-refractivity contribution is 0.00235. The monoisotopic (exact) mass is 338 g/mol. The Kier molecular flexibility index (Phi) is 5.46. The first-order chi connectivity index (χ1) is 11.4. The van der Waals surface area contributed by atoms with Gasteiger partial charge in [0.25, 0.3) is 0 Å². The molecule has 1 unspecified atom stereocenters. The molecule has 0 aromatic heterocycles. The Balaban J connectivity index is 2.08. The minimum absolute atomic E-state index is 0.105. The highest BCUT2D eigenvalue weighted by atomic mass is 19.1. The summed E-state index contributed by atoms with van der Waals surface area (Å²) in [5.41, 5.74) is -1.44. The van der Waals surface area contributed by atoms with Gasteiger partial charge in [-0.15, -0.1) is 0 Å². The lowest BCUT2D eigenvalue weighted by atomic mass is 9.95. The van der Waals surface area contributed by atoms with Crippen LogP contribution in [0.1, 0.15) is 12.5 Å². The van der Waals surface area contributed by atoms with Crippen LogP contribution in [0.2, 0.25) is 0 Å². The van der Waals surface area contributed by atoms with Crippen LogP contribution in [0.25, 0.3) is 0 Å². The predicted molar refractivity (Wildman–Crippen MR) is 84.1 cm³/mol. The van der Waals surface area contributed by atoms with E-state index in [1.54, 1.807) is 13.0 Å². The van der Waals surface area contributed by atoms with Crippen LogP contribution in [0.15, 0.2) is 42.5 Å². The maximum atomic E-state index is 13.9. The fourth-order valence-electron chi connectivity index (χ4n) is 2.19. The van der Waals surface area contributed by atoms with Gasteiger partial charge in [0, 0.05) is 12.7 Å². The molecule has 7 heteroatoms. The Morgan fingerprint density at radius 3 is 2.21 bits per heavy atom. The SMILES string of the molecule is COC(C)(CNC(=O)Nc1c(F)cccc1F)c1ccccc1F. The van der Waals surface area contributed by atoms with Crippen molar-refractivity contribution < 1.29 is 22.7 Å². The molecule has 0 spiro atoms. The number of hydrogen-bond acceptors (Lipinski definition) is 2. The molecular formula is C17H17F3N2O2. The molecule has 0 radical (unpaired) electrons. The molecule has 2 amide bonds. The van der Waals surface area contributed by atoms with Crippen molar-refractivity contribution in [1.82, 2.24) is 5.32 Å². The van der Waals surface area contributed by atoms with Gasteiger partial charge in [0.2, 0.25) is 0 Å². The van der Waals surface area contributed by atoms with Crippen molar-refractivity contribution in [2.75, 3.05) is 19.0 Å². The molecule has 1 atom stereocenters. The number of ether oxygens (including phenoxy) is 1. The molecule has 128 valence electrons. The van der Waals surface area contributed by atoms with Gasteiger partial charge in [0.1, 0.15) is 28.7 Å². The predicted octanol–water partition coefficient (Wildman–Crippen LogP) is 3.79. The average Bonchev–Trinajstić information content (AvgIpc) is 2.56. The van der Waals surface area contributed by atoms with Gasteiger partial charge in [-0.1, -0.05) is 24.3 Å². The second kappa shape index (κ2) is 7.35. The Labute approximate surface area is 137 Å². The van der Waals surface area contributed by atoms with Crippen molar-refractivity contribution in [2.24, 2.45) is 0 Å². The summed E-state index contributed by atoms with van der Waals surface area (Å²) in [6, 6.07) is 8.40. The number of para-hydroxylation sites is 1. The summed E-state index contributed by atoms with van der Waals surface area (Å²) in [5.74, 6) is -2.27. The molecule has 0 bridgehead atoms. The Morgan fingerprint density at radius 1 is 1.04 bits per heavy atom. The summed E-state index contributed by atoms with van der Waals surface area (Å²) in [6.07, 6.45) is 0. The van der Waals surface area contributed by atoms with Gasteiger partial charge < -0.3 is 15.4 Å². The first-order valence-electron chi connectivity index (χ1n) is 7.16. The number of amides is 2. The van der Waals surface area contributed by atoms with E-state index >= 15 is 0 Å². The number of halogens is 3. The molecule has 0 saturated heterocycles. The Morgan fingerprint density at radius 2 is 1.62 bits per heavy atom. The van der Waals surface area contributed by atoms with E-state index in [1.807, 2.05) is 0 Å². The number of rotatable bonds is 5. The highest BCUT2D eigenvalue weighted by Crippen LogP contribution is 2.26. The summed E-state index contributed by atoms with van der Waals surface area (Å²) < 4.78 is 46.3. The highest BCUT2D eigenvalue weighted by molar-refractivity contribution is 5.89. The zero-order chi connectivity index (χ0) is 17.7. The fraction of sp³-hybridized carbons (Fsp3) is 0.235. The lowest BCUT2D eigenvalue weighted by Gasteiger charge is -2.29. The minimum Gasteiger partial charge on any atom is -0.372 e. The number of carbonyl (C=O) groups is 1. The summed E-state index contributed by atoms with van der Waals surface area (Å²) in [7, 11) is 1.38. The molecule has 2 aromatic rings. The first kappa shape index (κ1) is 17.8. The quantitative estimate of drug-likeness (QED) is 0.871. The summed E-state index contributed by atoms with van der Waals surface area (Å²) in [4.78, 5) is 11.9. The highest BCUT2D eigenvalue weighted by Gasteiger charge is 2.30. The van der Waals surface area contributed by atoms with E-state index < -0.39 is 34.8 Å². The van der Waals surface area contributed by atoms with Crippen LogP contribution in [0.4, 0.5) is 23.7 Å². The topological polar surface area (TPSA) is 50.4 Å². The third kappa shape index (κ3) is 3.86. The standard InChI is InChI=1S/C17H17F3N2O2/c1-17(24-2,11-6-3-4-7-12(11)18)10-21-16(23)22-15-13(19)8-5-9-14(15)20/h3-9H,10H2,1-2H3,(H2,21,22,23). The van der Waals surface area contributed by atoms with Crippen molar-refractivity contribution in [3.8, 4) is 0 Å². The van der Waals surface area contributed by atoms with Crippen LogP contribution in [0, 0.1) is 17.5 Å². The third-order valence-corrected chi connectivity index (χ3v) is 3.68. The molecule has 4 nitrogen and oxygen atoms in total. The smallest absolute Gasteiger partial charge is 0.319 e. The number of anilines is 1. The van der Waals surface area contributed by atoms with Crippen LogP contribution < -0.4 is 10.6 Å². The van der Waals surface area contributed by atoms with Gasteiger partial charge in [-0.3, -0.25) is 0 Å². The van der Waals surface area contributed by atoms with E-state index in [0.29, 0.717) is 0 Å². The van der Waals surface area contributed by atoms with Crippen molar-refractivity contribution in [2.45, 2.75) is 12.5 Å². The maximum Gasteiger partial charge on any atom is 0.319 e. The van der Waals surface area contributed by atoms with Gasteiger partial charge in [0.15, 0.2) is 0 Å². The van der Waals surface area contributed by atoms with Gasteiger partial charge in [-0.25, -0.2) is 18.0 Å². The number of benzene rings is 2. The number of methoxy groups -OCH3 is 1. The molecule has 24 heavy (non-hydrogen) atoms.